The fraction of sp³-hybridized carbons (Fsp3) is 0.105. The lowest BCUT2D eigenvalue weighted by molar-refractivity contribution is 0.0940. The summed E-state index contributed by atoms with van der Waals surface area (Å²) in [4.78, 5) is 13.3. The van der Waals surface area contributed by atoms with Crippen molar-refractivity contribution in [3.63, 3.8) is 0 Å². The summed E-state index contributed by atoms with van der Waals surface area (Å²) >= 11 is 1.52. The number of thiophene rings is 1. The molecule has 1 atom stereocenters. The summed E-state index contributed by atoms with van der Waals surface area (Å²) in [6.07, 6.45) is 0. The van der Waals surface area contributed by atoms with Gasteiger partial charge in [-0.3, -0.25) is 9.52 Å². The zero-order chi connectivity index (χ0) is 19.4. The summed E-state index contributed by atoms with van der Waals surface area (Å²) < 4.78 is 41.0. The van der Waals surface area contributed by atoms with E-state index in [4.69, 9.17) is 0 Å². The number of sulfonamides is 1. The van der Waals surface area contributed by atoms with Crippen LogP contribution in [0.15, 0.2) is 70.9 Å². The van der Waals surface area contributed by atoms with E-state index in [0.717, 1.165) is 10.9 Å². The SMILES string of the molecule is CC(NC(=O)c1cccc(S(=O)(=O)Nc2ccccc2F)c1)c1cccs1. The van der Waals surface area contributed by atoms with Crippen LogP contribution < -0.4 is 10.0 Å². The minimum Gasteiger partial charge on any atom is -0.345 e. The summed E-state index contributed by atoms with van der Waals surface area (Å²) in [7, 11) is -4.03. The molecule has 0 fully saturated rings. The van der Waals surface area contributed by atoms with Crippen LogP contribution in [0.5, 0.6) is 0 Å². The van der Waals surface area contributed by atoms with Crippen LogP contribution in [0.1, 0.15) is 28.2 Å². The number of benzene rings is 2. The molecule has 1 amide bonds. The Morgan fingerprint density at radius 3 is 2.56 bits per heavy atom. The van der Waals surface area contributed by atoms with Gasteiger partial charge in [-0.25, -0.2) is 12.8 Å². The number of hydrogen-bond donors (Lipinski definition) is 2. The van der Waals surface area contributed by atoms with E-state index in [1.807, 2.05) is 24.4 Å². The lowest BCUT2D eigenvalue weighted by atomic mass is 10.2. The summed E-state index contributed by atoms with van der Waals surface area (Å²) in [6.45, 7) is 1.85. The molecule has 3 aromatic rings. The van der Waals surface area contributed by atoms with E-state index >= 15 is 0 Å². The molecule has 0 saturated carbocycles. The highest BCUT2D eigenvalue weighted by Crippen LogP contribution is 2.21. The van der Waals surface area contributed by atoms with E-state index in [-0.39, 0.29) is 28.1 Å². The smallest absolute Gasteiger partial charge is 0.262 e. The molecule has 0 aliphatic rings. The Kier molecular flexibility index (Phi) is 5.57. The van der Waals surface area contributed by atoms with Crippen LogP contribution in [0.3, 0.4) is 0 Å². The molecule has 0 radical (unpaired) electrons. The molecule has 1 aromatic heterocycles. The molecule has 140 valence electrons. The maximum absolute atomic E-state index is 13.7. The fourth-order valence-corrected chi connectivity index (χ4v) is 4.29. The highest BCUT2D eigenvalue weighted by Gasteiger charge is 2.19. The van der Waals surface area contributed by atoms with E-state index in [0.29, 0.717) is 0 Å². The highest BCUT2D eigenvalue weighted by molar-refractivity contribution is 7.92. The first-order valence-corrected chi connectivity index (χ1v) is 10.4. The average molecular weight is 404 g/mol. The minimum atomic E-state index is -4.03. The molecule has 27 heavy (non-hydrogen) atoms. The zero-order valence-corrected chi connectivity index (χ0v) is 16.0. The van der Waals surface area contributed by atoms with E-state index in [1.165, 1.54) is 53.8 Å². The molecule has 3 rings (SSSR count). The van der Waals surface area contributed by atoms with E-state index < -0.39 is 15.8 Å². The van der Waals surface area contributed by atoms with Crippen LogP contribution in [-0.4, -0.2) is 14.3 Å². The molecule has 0 spiro atoms. The van der Waals surface area contributed by atoms with Gasteiger partial charge < -0.3 is 5.32 Å². The monoisotopic (exact) mass is 404 g/mol. The maximum atomic E-state index is 13.7. The molecular formula is C19H17FN2O3S2. The van der Waals surface area contributed by atoms with Crippen molar-refractivity contribution in [3.05, 3.63) is 82.3 Å². The molecule has 2 N–H and O–H groups in total. The number of para-hydroxylation sites is 1. The Morgan fingerprint density at radius 1 is 1.07 bits per heavy atom. The van der Waals surface area contributed by atoms with Crippen LogP contribution in [-0.2, 0) is 10.0 Å². The standard InChI is InChI=1S/C19H17FN2O3S2/c1-13(18-10-5-11-26-18)21-19(23)14-6-4-7-15(12-14)27(24,25)22-17-9-3-2-8-16(17)20/h2-13,22H,1H3,(H,21,23). The minimum absolute atomic E-state index is 0.123. The fourth-order valence-electron chi connectivity index (χ4n) is 2.44. The Hall–Kier alpha value is -2.71. The second-order valence-corrected chi connectivity index (χ2v) is 8.49. The summed E-state index contributed by atoms with van der Waals surface area (Å²) in [6, 6.07) is 14.7. The second-order valence-electron chi connectivity index (χ2n) is 5.82. The summed E-state index contributed by atoms with van der Waals surface area (Å²) in [5.74, 6) is -1.07. The molecule has 1 unspecified atom stereocenters. The Bertz CT molecular complexity index is 1050. The van der Waals surface area contributed by atoms with Gasteiger partial charge in [0.2, 0.25) is 0 Å². The first kappa shape index (κ1) is 19.1. The first-order chi connectivity index (χ1) is 12.9. The molecule has 8 heteroatoms. The molecule has 0 saturated heterocycles. The second kappa shape index (κ2) is 7.89. The molecule has 1 heterocycles. The van der Waals surface area contributed by atoms with Crippen molar-refractivity contribution < 1.29 is 17.6 Å². The molecular weight excluding hydrogens is 387 g/mol. The van der Waals surface area contributed by atoms with E-state index in [9.17, 15) is 17.6 Å². The topological polar surface area (TPSA) is 75.3 Å². The quantitative estimate of drug-likeness (QED) is 0.647. The molecule has 0 aliphatic carbocycles. The van der Waals surface area contributed by atoms with Crippen LogP contribution in [0.4, 0.5) is 10.1 Å². The van der Waals surface area contributed by atoms with Gasteiger partial charge in [-0.2, -0.15) is 0 Å². The van der Waals surface area contributed by atoms with Gasteiger partial charge >= 0.3 is 0 Å². The highest BCUT2D eigenvalue weighted by atomic mass is 32.2. The van der Waals surface area contributed by atoms with E-state index in [1.54, 1.807) is 0 Å². The molecule has 2 aromatic carbocycles. The number of halogens is 1. The zero-order valence-electron chi connectivity index (χ0n) is 14.3. The van der Waals surface area contributed by atoms with Crippen LogP contribution >= 0.6 is 11.3 Å². The molecule has 0 bridgehead atoms. The van der Waals surface area contributed by atoms with Crippen molar-refractivity contribution in [2.45, 2.75) is 17.9 Å². The van der Waals surface area contributed by atoms with Crippen molar-refractivity contribution >= 4 is 33.0 Å². The van der Waals surface area contributed by atoms with Crippen molar-refractivity contribution in [2.75, 3.05) is 4.72 Å². The average Bonchev–Trinajstić information content (AvgIpc) is 3.18. The van der Waals surface area contributed by atoms with Gasteiger partial charge in [0, 0.05) is 10.4 Å². The number of anilines is 1. The van der Waals surface area contributed by atoms with Gasteiger partial charge in [0.25, 0.3) is 15.9 Å². The number of amides is 1. The van der Waals surface area contributed by atoms with Gasteiger partial charge in [0.1, 0.15) is 5.82 Å². The van der Waals surface area contributed by atoms with Crippen molar-refractivity contribution in [3.8, 4) is 0 Å². The van der Waals surface area contributed by atoms with Crippen molar-refractivity contribution in [1.82, 2.24) is 5.32 Å². The van der Waals surface area contributed by atoms with Gasteiger partial charge in [0.05, 0.1) is 16.6 Å². The first-order valence-electron chi connectivity index (χ1n) is 8.08. The summed E-state index contributed by atoms with van der Waals surface area (Å²) in [5.41, 5.74) is 0.0495. The van der Waals surface area contributed by atoms with Crippen molar-refractivity contribution in [1.29, 1.82) is 0 Å². The van der Waals surface area contributed by atoms with E-state index in [2.05, 4.69) is 10.0 Å². The number of carbonyl (C=O) groups excluding carboxylic acids is 1. The molecule has 0 aliphatic heterocycles. The Morgan fingerprint density at radius 2 is 1.85 bits per heavy atom. The van der Waals surface area contributed by atoms with Gasteiger partial charge in [-0.1, -0.05) is 24.3 Å². The third kappa shape index (κ3) is 4.53. The number of rotatable bonds is 6. The van der Waals surface area contributed by atoms with Gasteiger partial charge in [-0.05, 0) is 48.7 Å². The van der Waals surface area contributed by atoms with Gasteiger partial charge in [0.15, 0.2) is 0 Å². The lowest BCUT2D eigenvalue weighted by Gasteiger charge is -2.13. The maximum Gasteiger partial charge on any atom is 0.262 e. The number of carbonyl (C=O) groups is 1. The Balaban J connectivity index is 1.80. The predicted molar refractivity (Wildman–Crippen MR) is 104 cm³/mol. The molecule has 5 nitrogen and oxygen atoms in total. The number of hydrogen-bond acceptors (Lipinski definition) is 4. The third-order valence-corrected chi connectivity index (χ3v) is 6.26. The van der Waals surface area contributed by atoms with Crippen LogP contribution in [0.2, 0.25) is 0 Å². The number of nitrogens with one attached hydrogen (secondary N) is 2. The lowest BCUT2D eigenvalue weighted by Crippen LogP contribution is -2.26. The largest absolute Gasteiger partial charge is 0.345 e. The predicted octanol–water partition coefficient (Wildman–Crippen LogP) is 4.18. The van der Waals surface area contributed by atoms with Crippen LogP contribution in [0, 0.1) is 5.82 Å². The van der Waals surface area contributed by atoms with Crippen molar-refractivity contribution in [2.24, 2.45) is 0 Å². The van der Waals surface area contributed by atoms with Crippen LogP contribution in [0.25, 0.3) is 0 Å². The normalized spacial score (nSPS) is 12.4. The summed E-state index contributed by atoms with van der Waals surface area (Å²) in [5, 5.41) is 4.75. The van der Waals surface area contributed by atoms with Gasteiger partial charge in [-0.15, -0.1) is 11.3 Å². The Labute approximate surface area is 160 Å². The third-order valence-electron chi connectivity index (χ3n) is 3.84.